The fraction of sp³-hybridized carbons (Fsp3) is 0.667. The van der Waals surface area contributed by atoms with Crippen molar-refractivity contribution >= 4 is 5.91 Å². The van der Waals surface area contributed by atoms with E-state index in [0.717, 1.165) is 31.7 Å². The third-order valence-corrected chi connectivity index (χ3v) is 5.19. The normalized spacial score (nSPS) is 22.5. The number of benzene rings is 1. The van der Waals surface area contributed by atoms with Gasteiger partial charge in [0, 0.05) is 43.8 Å². The number of hydrogen-bond acceptors (Lipinski definition) is 3. The van der Waals surface area contributed by atoms with Crippen LogP contribution in [-0.2, 0) is 5.41 Å². The second-order valence-corrected chi connectivity index (χ2v) is 8.78. The number of nitrogens with zero attached hydrogens (tertiary/aromatic N) is 3. The Hall–Kier alpha value is -1.39. The van der Waals surface area contributed by atoms with E-state index in [2.05, 4.69) is 70.6 Å². The Kier molecular flexibility index (Phi) is 6.28. The number of rotatable bonds is 4. The monoisotopic (exact) mass is 345 g/mol. The molecule has 25 heavy (non-hydrogen) atoms. The van der Waals surface area contributed by atoms with Crippen molar-refractivity contribution in [2.75, 3.05) is 40.3 Å². The summed E-state index contributed by atoms with van der Waals surface area (Å²) in [6.45, 7) is 14.8. The fourth-order valence-electron chi connectivity index (χ4n) is 3.57. The summed E-state index contributed by atoms with van der Waals surface area (Å²) < 4.78 is 0. The van der Waals surface area contributed by atoms with Gasteiger partial charge >= 0.3 is 0 Å². The zero-order valence-corrected chi connectivity index (χ0v) is 17.0. The average molecular weight is 346 g/mol. The van der Waals surface area contributed by atoms with E-state index in [-0.39, 0.29) is 11.3 Å². The summed E-state index contributed by atoms with van der Waals surface area (Å²) in [4.78, 5) is 19.7. The van der Waals surface area contributed by atoms with Crippen molar-refractivity contribution in [2.45, 2.75) is 52.1 Å². The molecule has 2 atom stereocenters. The number of amides is 1. The van der Waals surface area contributed by atoms with Crippen LogP contribution in [0.25, 0.3) is 0 Å². The Morgan fingerprint density at radius 1 is 1.08 bits per heavy atom. The maximum absolute atomic E-state index is 12.9. The van der Waals surface area contributed by atoms with E-state index in [4.69, 9.17) is 0 Å². The van der Waals surface area contributed by atoms with Gasteiger partial charge in [0.05, 0.1) is 0 Å². The van der Waals surface area contributed by atoms with Crippen molar-refractivity contribution in [1.82, 2.24) is 14.7 Å². The van der Waals surface area contributed by atoms with Gasteiger partial charge in [0.2, 0.25) is 0 Å². The first-order valence-electron chi connectivity index (χ1n) is 9.40. The molecular formula is C21H35N3O. The first-order valence-corrected chi connectivity index (χ1v) is 9.40. The number of hydrogen-bond donors (Lipinski definition) is 0. The summed E-state index contributed by atoms with van der Waals surface area (Å²) in [5, 5.41) is 0. The number of likely N-dealkylation sites (N-methyl/N-ethyl adjacent to an activating group) is 1. The standard InChI is InChI=1S/C21H35N3O/c1-16-14-23(15-17(2)24(16)13-12-22(6)7)20(25)18-8-10-19(11-9-18)21(3,4)5/h8-11,16-17H,12-15H2,1-7H3. The predicted molar refractivity (Wildman–Crippen MR) is 105 cm³/mol. The molecule has 0 bridgehead atoms. The van der Waals surface area contributed by atoms with Crippen LogP contribution in [0.3, 0.4) is 0 Å². The van der Waals surface area contributed by atoms with Gasteiger partial charge < -0.3 is 9.80 Å². The first kappa shape index (κ1) is 19.9. The largest absolute Gasteiger partial charge is 0.336 e. The second kappa shape index (κ2) is 7.88. The van der Waals surface area contributed by atoms with Gasteiger partial charge in [-0.25, -0.2) is 0 Å². The molecule has 0 N–H and O–H groups in total. The lowest BCUT2D eigenvalue weighted by Gasteiger charge is -2.44. The Morgan fingerprint density at radius 2 is 1.60 bits per heavy atom. The van der Waals surface area contributed by atoms with E-state index in [1.807, 2.05) is 17.0 Å². The van der Waals surface area contributed by atoms with Crippen LogP contribution in [0.2, 0.25) is 0 Å². The SMILES string of the molecule is CC1CN(C(=O)c2ccc(C(C)(C)C)cc2)CC(C)N1CCN(C)C. The molecule has 1 aliphatic heterocycles. The summed E-state index contributed by atoms with van der Waals surface area (Å²) in [6, 6.07) is 8.93. The minimum absolute atomic E-state index is 0.114. The van der Waals surface area contributed by atoms with Crippen LogP contribution in [0, 0.1) is 0 Å². The van der Waals surface area contributed by atoms with Gasteiger partial charge in [0.1, 0.15) is 0 Å². The highest BCUT2D eigenvalue weighted by molar-refractivity contribution is 5.94. The summed E-state index contributed by atoms with van der Waals surface area (Å²) in [7, 11) is 4.21. The number of carbonyl (C=O) groups is 1. The molecule has 4 heteroatoms. The Labute approximate surface area is 153 Å². The van der Waals surface area contributed by atoms with Crippen molar-refractivity contribution in [3.8, 4) is 0 Å². The van der Waals surface area contributed by atoms with Crippen molar-refractivity contribution in [1.29, 1.82) is 0 Å². The minimum atomic E-state index is 0.114. The topological polar surface area (TPSA) is 26.8 Å². The number of carbonyl (C=O) groups excluding carboxylic acids is 1. The van der Waals surface area contributed by atoms with Crippen LogP contribution in [0.5, 0.6) is 0 Å². The van der Waals surface area contributed by atoms with E-state index < -0.39 is 0 Å². The van der Waals surface area contributed by atoms with Crippen LogP contribution >= 0.6 is 0 Å². The molecule has 1 heterocycles. The van der Waals surface area contributed by atoms with Crippen LogP contribution in [0.4, 0.5) is 0 Å². The van der Waals surface area contributed by atoms with Crippen LogP contribution in [0.1, 0.15) is 50.5 Å². The van der Waals surface area contributed by atoms with Crippen LogP contribution in [-0.4, -0.2) is 73.0 Å². The first-order chi connectivity index (χ1) is 11.6. The molecule has 1 aliphatic rings. The molecule has 1 fully saturated rings. The van der Waals surface area contributed by atoms with E-state index in [0.29, 0.717) is 12.1 Å². The molecule has 2 unspecified atom stereocenters. The molecule has 4 nitrogen and oxygen atoms in total. The average Bonchev–Trinajstić information content (AvgIpc) is 2.52. The fourth-order valence-corrected chi connectivity index (χ4v) is 3.57. The highest BCUT2D eigenvalue weighted by atomic mass is 16.2. The molecule has 0 aromatic heterocycles. The van der Waals surface area contributed by atoms with Gasteiger partial charge in [-0.3, -0.25) is 9.69 Å². The smallest absolute Gasteiger partial charge is 0.253 e. The molecule has 1 aromatic carbocycles. The molecule has 0 aliphatic carbocycles. The lowest BCUT2D eigenvalue weighted by atomic mass is 9.86. The zero-order chi connectivity index (χ0) is 18.8. The van der Waals surface area contributed by atoms with Crippen molar-refractivity contribution in [2.24, 2.45) is 0 Å². The Morgan fingerprint density at radius 3 is 2.04 bits per heavy atom. The summed E-state index contributed by atoms with van der Waals surface area (Å²) >= 11 is 0. The molecule has 0 saturated carbocycles. The maximum Gasteiger partial charge on any atom is 0.253 e. The summed E-state index contributed by atoms with van der Waals surface area (Å²) in [5.41, 5.74) is 2.18. The van der Waals surface area contributed by atoms with Crippen LogP contribution in [0.15, 0.2) is 24.3 Å². The van der Waals surface area contributed by atoms with E-state index >= 15 is 0 Å². The summed E-state index contributed by atoms with van der Waals surface area (Å²) in [6.07, 6.45) is 0. The molecule has 140 valence electrons. The van der Waals surface area contributed by atoms with Crippen molar-refractivity contribution in [3.63, 3.8) is 0 Å². The molecule has 1 saturated heterocycles. The highest BCUT2D eigenvalue weighted by Gasteiger charge is 2.32. The van der Waals surface area contributed by atoms with Gasteiger partial charge in [0.25, 0.3) is 5.91 Å². The molecule has 2 rings (SSSR count). The van der Waals surface area contributed by atoms with Gasteiger partial charge in [-0.2, -0.15) is 0 Å². The maximum atomic E-state index is 12.9. The highest BCUT2D eigenvalue weighted by Crippen LogP contribution is 2.23. The summed E-state index contributed by atoms with van der Waals surface area (Å²) in [5.74, 6) is 0.159. The van der Waals surface area contributed by atoms with Crippen LogP contribution < -0.4 is 0 Å². The van der Waals surface area contributed by atoms with E-state index in [1.54, 1.807) is 0 Å². The van der Waals surface area contributed by atoms with Gasteiger partial charge in [-0.1, -0.05) is 32.9 Å². The lowest BCUT2D eigenvalue weighted by molar-refractivity contribution is 0.0283. The molecule has 1 aromatic rings. The van der Waals surface area contributed by atoms with Crippen molar-refractivity contribution in [3.05, 3.63) is 35.4 Å². The van der Waals surface area contributed by atoms with Gasteiger partial charge in [-0.15, -0.1) is 0 Å². The lowest BCUT2D eigenvalue weighted by Crippen LogP contribution is -2.59. The molecular weight excluding hydrogens is 310 g/mol. The third kappa shape index (κ3) is 5.05. The Bertz CT molecular complexity index is 562. The Balaban J connectivity index is 2.04. The predicted octanol–water partition coefficient (Wildman–Crippen LogP) is 3.08. The van der Waals surface area contributed by atoms with Crippen molar-refractivity contribution < 1.29 is 4.79 Å². The van der Waals surface area contributed by atoms with E-state index in [9.17, 15) is 4.79 Å². The molecule has 1 amide bonds. The zero-order valence-electron chi connectivity index (χ0n) is 17.0. The van der Waals surface area contributed by atoms with Gasteiger partial charge in [0.15, 0.2) is 0 Å². The minimum Gasteiger partial charge on any atom is -0.336 e. The second-order valence-electron chi connectivity index (χ2n) is 8.78. The quantitative estimate of drug-likeness (QED) is 0.839. The third-order valence-electron chi connectivity index (χ3n) is 5.19. The molecule has 0 spiro atoms. The number of piperazine rings is 1. The van der Waals surface area contributed by atoms with Gasteiger partial charge in [-0.05, 0) is 51.1 Å². The van der Waals surface area contributed by atoms with E-state index in [1.165, 1.54) is 5.56 Å². The molecule has 0 radical (unpaired) electrons.